The van der Waals surface area contributed by atoms with E-state index in [-0.39, 0.29) is 0 Å². The highest BCUT2D eigenvalue weighted by atomic mass is 28.4. The molecule has 100 valence electrons. The van der Waals surface area contributed by atoms with Gasteiger partial charge in [-0.05, 0) is 17.7 Å². The summed E-state index contributed by atoms with van der Waals surface area (Å²) >= 11 is 0. The molecule has 0 heterocycles. The van der Waals surface area contributed by atoms with Crippen molar-refractivity contribution in [1.82, 2.24) is 0 Å². The lowest BCUT2D eigenvalue weighted by atomic mass is 10.2. The van der Waals surface area contributed by atoms with Crippen LogP contribution in [0.5, 0.6) is 5.75 Å². The summed E-state index contributed by atoms with van der Waals surface area (Å²) in [7, 11) is -0.762. The SMILES string of the molecule is COc1ccc(C=C([Si](C)(C)C)[Si](C)(C)C)cc1. The zero-order valence-corrected chi connectivity index (χ0v) is 14.8. The van der Waals surface area contributed by atoms with Gasteiger partial charge in [-0.25, -0.2) is 0 Å². The van der Waals surface area contributed by atoms with Gasteiger partial charge in [-0.1, -0.05) is 62.3 Å². The van der Waals surface area contributed by atoms with Crippen LogP contribution < -0.4 is 4.74 Å². The second kappa shape index (κ2) is 5.45. The van der Waals surface area contributed by atoms with Crippen molar-refractivity contribution in [2.45, 2.75) is 39.3 Å². The molecule has 0 aliphatic heterocycles. The van der Waals surface area contributed by atoms with Crippen LogP contribution in [0.1, 0.15) is 5.56 Å². The minimum Gasteiger partial charge on any atom is -0.497 e. The molecule has 0 aromatic heterocycles. The Bertz CT molecular complexity index is 403. The molecule has 1 rings (SSSR count). The third kappa shape index (κ3) is 4.14. The highest BCUT2D eigenvalue weighted by Crippen LogP contribution is 2.28. The molecule has 0 unspecified atom stereocenters. The Morgan fingerprint density at radius 3 is 1.67 bits per heavy atom. The first-order valence-electron chi connectivity index (χ1n) is 6.51. The van der Waals surface area contributed by atoms with Crippen LogP contribution in [0.3, 0.4) is 0 Å². The number of rotatable bonds is 4. The maximum atomic E-state index is 5.21. The Balaban J connectivity index is 3.16. The van der Waals surface area contributed by atoms with Crippen molar-refractivity contribution in [2.24, 2.45) is 0 Å². The summed E-state index contributed by atoms with van der Waals surface area (Å²) in [6.45, 7) is 14.7. The third-order valence-corrected chi connectivity index (χ3v) is 11.1. The Morgan fingerprint density at radius 1 is 0.889 bits per heavy atom. The standard InChI is InChI=1S/C15H26OSi2/c1-16-14-10-8-13(9-11-14)12-15(17(2,3)4)18(5,6)7/h8-12H,1-7H3. The molecule has 0 bridgehead atoms. The van der Waals surface area contributed by atoms with Gasteiger partial charge in [-0.3, -0.25) is 0 Å². The van der Waals surface area contributed by atoms with E-state index >= 15 is 0 Å². The molecule has 0 atom stereocenters. The fourth-order valence-corrected chi connectivity index (χ4v) is 12.6. The predicted molar refractivity (Wildman–Crippen MR) is 87.7 cm³/mol. The number of hydrogen-bond acceptors (Lipinski definition) is 1. The Kier molecular flexibility index (Phi) is 4.62. The zero-order valence-electron chi connectivity index (χ0n) is 12.8. The van der Waals surface area contributed by atoms with E-state index in [9.17, 15) is 0 Å². The first-order chi connectivity index (χ1) is 8.14. The minimum absolute atomic E-state index is 0.926. The van der Waals surface area contributed by atoms with Crippen molar-refractivity contribution < 1.29 is 4.74 Å². The molecule has 0 aliphatic carbocycles. The van der Waals surface area contributed by atoms with Crippen LogP contribution in [-0.2, 0) is 0 Å². The van der Waals surface area contributed by atoms with Crippen molar-refractivity contribution >= 4 is 22.2 Å². The molecule has 0 fully saturated rings. The van der Waals surface area contributed by atoms with Gasteiger partial charge in [-0.15, -0.1) is 0 Å². The Morgan fingerprint density at radius 2 is 1.33 bits per heavy atom. The fraction of sp³-hybridized carbons (Fsp3) is 0.467. The van der Waals surface area contributed by atoms with E-state index in [1.807, 2.05) is 12.1 Å². The first kappa shape index (κ1) is 15.3. The van der Waals surface area contributed by atoms with Gasteiger partial charge in [0.15, 0.2) is 0 Å². The van der Waals surface area contributed by atoms with Crippen LogP contribution in [0.4, 0.5) is 0 Å². The van der Waals surface area contributed by atoms with Crippen LogP contribution in [0.25, 0.3) is 6.08 Å². The number of benzene rings is 1. The molecule has 1 nitrogen and oxygen atoms in total. The van der Waals surface area contributed by atoms with Gasteiger partial charge in [0.05, 0.1) is 23.3 Å². The molecule has 1 aromatic rings. The second-order valence-corrected chi connectivity index (χ2v) is 17.4. The van der Waals surface area contributed by atoms with E-state index in [1.165, 1.54) is 5.56 Å². The summed E-state index contributed by atoms with van der Waals surface area (Å²) in [5.74, 6) is 0.926. The first-order valence-corrected chi connectivity index (χ1v) is 13.5. The molecule has 0 radical (unpaired) electrons. The average Bonchev–Trinajstić information content (AvgIpc) is 2.23. The van der Waals surface area contributed by atoms with Crippen molar-refractivity contribution in [3.63, 3.8) is 0 Å². The van der Waals surface area contributed by atoms with Gasteiger partial charge in [0.25, 0.3) is 0 Å². The van der Waals surface area contributed by atoms with E-state index < -0.39 is 16.1 Å². The van der Waals surface area contributed by atoms with E-state index in [0.29, 0.717) is 0 Å². The van der Waals surface area contributed by atoms with Gasteiger partial charge < -0.3 is 4.74 Å². The summed E-state index contributed by atoms with van der Waals surface area (Å²) in [5, 5.41) is 0. The quantitative estimate of drug-likeness (QED) is 0.717. The highest BCUT2D eigenvalue weighted by Gasteiger charge is 2.30. The molecule has 0 aliphatic rings. The predicted octanol–water partition coefficient (Wildman–Crippen LogP) is 4.83. The average molecular weight is 279 g/mol. The normalized spacial score (nSPS) is 12.2. The van der Waals surface area contributed by atoms with Gasteiger partial charge in [0.1, 0.15) is 5.75 Å². The van der Waals surface area contributed by atoms with E-state index in [2.05, 4.69) is 57.5 Å². The lowest BCUT2D eigenvalue weighted by molar-refractivity contribution is 0.415. The Hall–Kier alpha value is -0.806. The molecule has 0 saturated heterocycles. The minimum atomic E-state index is -1.24. The molecule has 1 aromatic carbocycles. The summed E-state index contributed by atoms with van der Waals surface area (Å²) in [6, 6.07) is 8.38. The molecule has 0 N–H and O–H groups in total. The molecule has 18 heavy (non-hydrogen) atoms. The van der Waals surface area contributed by atoms with Crippen LogP contribution in [0, 0.1) is 0 Å². The largest absolute Gasteiger partial charge is 0.497 e. The van der Waals surface area contributed by atoms with E-state index in [0.717, 1.165) is 5.75 Å². The highest BCUT2D eigenvalue weighted by molar-refractivity contribution is 7.05. The summed E-state index contributed by atoms with van der Waals surface area (Å²) in [5.41, 5.74) is 1.30. The van der Waals surface area contributed by atoms with Crippen molar-refractivity contribution in [3.05, 3.63) is 34.6 Å². The molecule has 0 amide bonds. The third-order valence-electron chi connectivity index (χ3n) is 3.04. The summed E-state index contributed by atoms with van der Waals surface area (Å²) < 4.78 is 5.21. The number of hydrogen-bond donors (Lipinski definition) is 0. The van der Waals surface area contributed by atoms with Crippen molar-refractivity contribution in [1.29, 1.82) is 0 Å². The number of ether oxygens (including phenoxy) is 1. The lowest BCUT2D eigenvalue weighted by Crippen LogP contribution is -2.39. The van der Waals surface area contributed by atoms with Crippen LogP contribution in [-0.4, -0.2) is 23.3 Å². The van der Waals surface area contributed by atoms with Crippen LogP contribution in [0.15, 0.2) is 29.1 Å². The van der Waals surface area contributed by atoms with Crippen molar-refractivity contribution in [2.75, 3.05) is 7.11 Å². The molecular formula is C15H26OSi2. The molecular weight excluding hydrogens is 252 g/mol. The van der Waals surface area contributed by atoms with Gasteiger partial charge in [-0.2, -0.15) is 0 Å². The lowest BCUT2D eigenvalue weighted by Gasteiger charge is -2.31. The van der Waals surface area contributed by atoms with E-state index in [4.69, 9.17) is 4.74 Å². The van der Waals surface area contributed by atoms with Crippen LogP contribution >= 0.6 is 0 Å². The summed E-state index contributed by atoms with van der Waals surface area (Å²) in [4.78, 5) is 1.74. The molecule has 0 spiro atoms. The van der Waals surface area contributed by atoms with E-state index in [1.54, 1.807) is 11.9 Å². The molecule has 0 saturated carbocycles. The van der Waals surface area contributed by atoms with Gasteiger partial charge in [0.2, 0.25) is 0 Å². The number of methoxy groups -OCH3 is 1. The maximum absolute atomic E-state index is 5.21. The fourth-order valence-electron chi connectivity index (χ4n) is 2.42. The molecule has 3 heteroatoms. The Labute approximate surface area is 114 Å². The summed E-state index contributed by atoms with van der Waals surface area (Å²) in [6.07, 6.45) is 2.43. The zero-order chi connectivity index (χ0) is 14.0. The smallest absolute Gasteiger partial charge is 0.118 e. The maximum Gasteiger partial charge on any atom is 0.118 e. The second-order valence-electron chi connectivity index (χ2n) is 6.83. The topological polar surface area (TPSA) is 9.23 Å². The monoisotopic (exact) mass is 278 g/mol. The van der Waals surface area contributed by atoms with Crippen molar-refractivity contribution in [3.8, 4) is 5.75 Å². The van der Waals surface area contributed by atoms with Crippen LogP contribution in [0.2, 0.25) is 39.3 Å². The van der Waals surface area contributed by atoms with Gasteiger partial charge >= 0.3 is 0 Å². The van der Waals surface area contributed by atoms with Gasteiger partial charge in [0, 0.05) is 0 Å².